The summed E-state index contributed by atoms with van der Waals surface area (Å²) in [4.78, 5) is 12.7. The van der Waals surface area contributed by atoms with Crippen LogP contribution in [0.15, 0.2) is 12.1 Å². The second-order valence-corrected chi connectivity index (χ2v) is 4.90. The number of nitrogens with one attached hydrogen (secondary N) is 1. The van der Waals surface area contributed by atoms with E-state index >= 15 is 0 Å². The molecule has 0 fully saturated rings. The zero-order chi connectivity index (χ0) is 15.4. The number of hydrogen-bond donors (Lipinski definition) is 2. The van der Waals surface area contributed by atoms with E-state index in [0.29, 0.717) is 39.9 Å². The van der Waals surface area contributed by atoms with Crippen LogP contribution in [0, 0.1) is 0 Å². The Morgan fingerprint density at radius 3 is 2.62 bits per heavy atom. The smallest absolute Gasteiger partial charge is 0.269 e. The zero-order valence-corrected chi connectivity index (χ0v) is 12.8. The van der Waals surface area contributed by atoms with Crippen molar-refractivity contribution in [1.29, 1.82) is 0 Å². The molecular weight excluding hydrogens is 292 g/mol. The number of benzene rings is 1. The predicted octanol–water partition coefficient (Wildman–Crippen LogP) is 1.95. The third-order valence-corrected chi connectivity index (χ3v) is 3.67. The van der Waals surface area contributed by atoms with E-state index in [4.69, 9.17) is 15.2 Å². The number of carbonyl (C=O) groups is 1. The van der Waals surface area contributed by atoms with E-state index in [-0.39, 0.29) is 5.91 Å². The van der Waals surface area contributed by atoms with Crippen molar-refractivity contribution in [2.24, 2.45) is 0 Å². The number of aryl methyl sites for hydroxylation is 1. The molecule has 1 aromatic heterocycles. The fraction of sp³-hybridized carbons (Fsp3) is 0.308. The standard InChI is InChI=1S/C13H16N4O3S/c1-4-8-12(21-17-16-8)13(18)15-9-6-11(20-3)10(19-2)5-7(9)14/h5-6H,4,14H2,1-3H3,(H,15,18). The van der Waals surface area contributed by atoms with Crippen molar-refractivity contribution in [2.45, 2.75) is 13.3 Å². The van der Waals surface area contributed by atoms with Gasteiger partial charge in [0, 0.05) is 12.1 Å². The Morgan fingerprint density at radius 2 is 2.00 bits per heavy atom. The second-order valence-electron chi connectivity index (χ2n) is 4.15. The molecule has 2 rings (SSSR count). The summed E-state index contributed by atoms with van der Waals surface area (Å²) in [7, 11) is 3.04. The van der Waals surface area contributed by atoms with Crippen LogP contribution in [-0.2, 0) is 6.42 Å². The maximum absolute atomic E-state index is 12.3. The van der Waals surface area contributed by atoms with E-state index in [9.17, 15) is 4.79 Å². The Hall–Kier alpha value is -2.35. The fourth-order valence-corrected chi connectivity index (χ4v) is 2.44. The van der Waals surface area contributed by atoms with Crippen LogP contribution >= 0.6 is 11.5 Å². The molecule has 0 saturated carbocycles. The molecule has 8 heteroatoms. The molecule has 1 heterocycles. The first kappa shape index (κ1) is 15.0. The molecule has 1 aromatic carbocycles. The second kappa shape index (κ2) is 6.40. The molecule has 112 valence electrons. The van der Waals surface area contributed by atoms with Crippen LogP contribution in [0.5, 0.6) is 11.5 Å². The lowest BCUT2D eigenvalue weighted by molar-refractivity contribution is 0.102. The average molecular weight is 308 g/mol. The molecule has 0 aliphatic heterocycles. The molecule has 0 spiro atoms. The van der Waals surface area contributed by atoms with Crippen molar-refractivity contribution in [1.82, 2.24) is 9.59 Å². The number of anilines is 2. The van der Waals surface area contributed by atoms with E-state index in [1.54, 1.807) is 12.1 Å². The van der Waals surface area contributed by atoms with Gasteiger partial charge in [-0.3, -0.25) is 4.79 Å². The van der Waals surface area contributed by atoms with Crippen molar-refractivity contribution < 1.29 is 14.3 Å². The topological polar surface area (TPSA) is 99.4 Å². The largest absolute Gasteiger partial charge is 0.493 e. The first-order valence-electron chi connectivity index (χ1n) is 6.24. The molecule has 2 aromatic rings. The van der Waals surface area contributed by atoms with E-state index in [1.165, 1.54) is 14.2 Å². The summed E-state index contributed by atoms with van der Waals surface area (Å²) in [6, 6.07) is 3.21. The summed E-state index contributed by atoms with van der Waals surface area (Å²) in [5.74, 6) is 0.697. The molecular formula is C13H16N4O3S. The van der Waals surface area contributed by atoms with Gasteiger partial charge in [0.2, 0.25) is 0 Å². The highest BCUT2D eigenvalue weighted by Gasteiger charge is 2.17. The number of rotatable bonds is 5. The van der Waals surface area contributed by atoms with Crippen molar-refractivity contribution in [3.63, 3.8) is 0 Å². The molecule has 0 saturated heterocycles. The number of amides is 1. The first-order valence-corrected chi connectivity index (χ1v) is 7.02. The molecule has 0 radical (unpaired) electrons. The van der Waals surface area contributed by atoms with Crippen LogP contribution in [0.3, 0.4) is 0 Å². The monoisotopic (exact) mass is 308 g/mol. The fourth-order valence-electron chi connectivity index (χ4n) is 1.79. The summed E-state index contributed by atoms with van der Waals surface area (Å²) in [5, 5.41) is 6.66. The van der Waals surface area contributed by atoms with Crippen LogP contribution in [0.2, 0.25) is 0 Å². The lowest BCUT2D eigenvalue weighted by atomic mass is 10.2. The van der Waals surface area contributed by atoms with Crippen molar-refractivity contribution in [3.8, 4) is 11.5 Å². The molecule has 0 bridgehead atoms. The summed E-state index contributed by atoms with van der Waals surface area (Å²) in [6.45, 7) is 1.91. The van der Waals surface area contributed by atoms with Gasteiger partial charge in [-0.05, 0) is 18.0 Å². The number of nitrogens with zero attached hydrogens (tertiary/aromatic N) is 2. The van der Waals surface area contributed by atoms with Gasteiger partial charge in [0.05, 0.1) is 31.3 Å². The molecule has 0 atom stereocenters. The van der Waals surface area contributed by atoms with Gasteiger partial charge in [0.15, 0.2) is 11.5 Å². The molecule has 0 aliphatic rings. The molecule has 7 nitrogen and oxygen atoms in total. The van der Waals surface area contributed by atoms with Crippen LogP contribution in [0.4, 0.5) is 11.4 Å². The molecule has 1 amide bonds. The average Bonchev–Trinajstić information content (AvgIpc) is 2.97. The van der Waals surface area contributed by atoms with E-state index in [0.717, 1.165) is 11.5 Å². The van der Waals surface area contributed by atoms with Crippen molar-refractivity contribution >= 4 is 28.8 Å². The third-order valence-electron chi connectivity index (χ3n) is 2.90. The molecule has 0 unspecified atom stereocenters. The normalized spacial score (nSPS) is 10.2. The van der Waals surface area contributed by atoms with Crippen LogP contribution in [0.25, 0.3) is 0 Å². The number of aromatic nitrogens is 2. The lowest BCUT2D eigenvalue weighted by Crippen LogP contribution is -2.14. The Bertz CT molecular complexity index is 657. The number of hydrogen-bond acceptors (Lipinski definition) is 7. The highest BCUT2D eigenvalue weighted by molar-refractivity contribution is 7.08. The quantitative estimate of drug-likeness (QED) is 0.819. The first-order chi connectivity index (χ1) is 10.1. The lowest BCUT2D eigenvalue weighted by Gasteiger charge is -2.13. The van der Waals surface area contributed by atoms with Crippen LogP contribution in [0.1, 0.15) is 22.3 Å². The number of nitrogen functional groups attached to an aromatic ring is 1. The van der Waals surface area contributed by atoms with Gasteiger partial charge in [0.1, 0.15) is 4.88 Å². The van der Waals surface area contributed by atoms with Crippen LogP contribution < -0.4 is 20.5 Å². The van der Waals surface area contributed by atoms with Gasteiger partial charge in [-0.15, -0.1) is 5.10 Å². The number of carbonyl (C=O) groups excluding carboxylic acids is 1. The SMILES string of the molecule is CCc1nnsc1C(=O)Nc1cc(OC)c(OC)cc1N. The van der Waals surface area contributed by atoms with Gasteiger partial charge in [-0.2, -0.15) is 0 Å². The Labute approximate surface area is 126 Å². The van der Waals surface area contributed by atoms with E-state index < -0.39 is 0 Å². The maximum Gasteiger partial charge on any atom is 0.269 e. The minimum absolute atomic E-state index is 0.291. The maximum atomic E-state index is 12.3. The van der Waals surface area contributed by atoms with Crippen molar-refractivity contribution in [3.05, 3.63) is 22.7 Å². The number of nitrogens with two attached hydrogens (primary N) is 1. The van der Waals surface area contributed by atoms with E-state index in [2.05, 4.69) is 14.9 Å². The molecule has 3 N–H and O–H groups in total. The van der Waals surface area contributed by atoms with Gasteiger partial charge in [-0.1, -0.05) is 11.4 Å². The minimum atomic E-state index is -0.291. The van der Waals surface area contributed by atoms with Gasteiger partial charge >= 0.3 is 0 Å². The molecule has 21 heavy (non-hydrogen) atoms. The van der Waals surface area contributed by atoms with E-state index in [1.807, 2.05) is 6.92 Å². The number of ether oxygens (including phenoxy) is 2. The van der Waals surface area contributed by atoms with Gasteiger partial charge in [-0.25, -0.2) is 0 Å². The predicted molar refractivity (Wildman–Crippen MR) is 81.2 cm³/mol. The summed E-state index contributed by atoms with van der Waals surface area (Å²) in [5.41, 5.74) is 7.42. The van der Waals surface area contributed by atoms with Crippen LogP contribution in [-0.4, -0.2) is 29.7 Å². The molecule has 0 aliphatic carbocycles. The van der Waals surface area contributed by atoms with Gasteiger partial charge < -0.3 is 20.5 Å². The Balaban J connectivity index is 2.29. The Morgan fingerprint density at radius 1 is 1.33 bits per heavy atom. The summed E-state index contributed by atoms with van der Waals surface area (Å²) >= 11 is 1.06. The van der Waals surface area contributed by atoms with Gasteiger partial charge in [0.25, 0.3) is 5.91 Å². The zero-order valence-electron chi connectivity index (χ0n) is 12.0. The number of methoxy groups -OCH3 is 2. The summed E-state index contributed by atoms with van der Waals surface area (Å²) < 4.78 is 14.1. The summed E-state index contributed by atoms with van der Waals surface area (Å²) in [6.07, 6.45) is 0.640. The highest BCUT2D eigenvalue weighted by Crippen LogP contribution is 2.35. The third kappa shape index (κ3) is 3.05. The van der Waals surface area contributed by atoms with Crippen molar-refractivity contribution in [2.75, 3.05) is 25.3 Å². The minimum Gasteiger partial charge on any atom is -0.493 e. The highest BCUT2D eigenvalue weighted by atomic mass is 32.1. The Kier molecular flexibility index (Phi) is 4.59.